The molecule has 2 aliphatic rings. The molecule has 0 spiro atoms. The van der Waals surface area contributed by atoms with Crippen molar-refractivity contribution in [1.82, 2.24) is 19.1 Å². The first kappa shape index (κ1) is 18.9. The molecular weight excluding hydrogens is 386 g/mol. The van der Waals surface area contributed by atoms with Crippen LogP contribution in [-0.4, -0.2) is 45.5 Å². The lowest BCUT2D eigenvalue weighted by Gasteiger charge is -2.22. The van der Waals surface area contributed by atoms with E-state index in [9.17, 15) is 4.79 Å². The number of benzene rings is 1. The molecular formula is C21H25N5O4. The zero-order valence-electron chi connectivity index (χ0n) is 17.2. The minimum atomic E-state index is -0.0709. The van der Waals surface area contributed by atoms with E-state index < -0.39 is 0 Å². The summed E-state index contributed by atoms with van der Waals surface area (Å²) >= 11 is 0. The zero-order chi connectivity index (χ0) is 20.7. The molecule has 0 atom stereocenters. The first-order valence-corrected chi connectivity index (χ1v) is 10.3. The van der Waals surface area contributed by atoms with Crippen LogP contribution in [0.1, 0.15) is 18.4 Å². The van der Waals surface area contributed by atoms with Crippen molar-refractivity contribution >= 4 is 22.8 Å². The molecule has 9 nitrogen and oxygen atoms in total. The third-order valence-corrected chi connectivity index (χ3v) is 5.80. The number of hydrogen-bond donors (Lipinski definition) is 1. The first-order chi connectivity index (χ1) is 14.6. The summed E-state index contributed by atoms with van der Waals surface area (Å²) in [6, 6.07) is 3.84. The lowest BCUT2D eigenvalue weighted by atomic mass is 10.0. The quantitative estimate of drug-likeness (QED) is 0.705. The van der Waals surface area contributed by atoms with E-state index in [1.807, 2.05) is 19.1 Å². The van der Waals surface area contributed by atoms with Crippen molar-refractivity contribution in [3.05, 3.63) is 34.4 Å². The molecule has 0 radical (unpaired) electrons. The number of hydrogen-bond acceptors (Lipinski definition) is 7. The molecule has 30 heavy (non-hydrogen) atoms. The summed E-state index contributed by atoms with van der Waals surface area (Å²) in [6.07, 6.45) is 3.60. The number of ether oxygens (including phenoxy) is 3. The molecule has 1 saturated heterocycles. The van der Waals surface area contributed by atoms with E-state index in [2.05, 4.69) is 15.3 Å². The highest BCUT2D eigenvalue weighted by Crippen LogP contribution is 2.36. The molecule has 4 heterocycles. The standard InChI is InChI=1S/C21H25N5O4/c1-13-9-17-18(30-8-7-29-17)10-15(13)23-20-22-11-16-19(24-20)26(21(27)25(16)2)12-14-3-5-28-6-4-14/h9-11,14H,3-8,12H2,1-2H3,(H,22,23,24). The van der Waals surface area contributed by atoms with Crippen LogP contribution in [0.3, 0.4) is 0 Å². The second kappa shape index (κ2) is 7.64. The summed E-state index contributed by atoms with van der Waals surface area (Å²) in [7, 11) is 1.76. The van der Waals surface area contributed by atoms with E-state index in [1.165, 1.54) is 0 Å². The number of anilines is 2. The molecule has 0 unspecified atom stereocenters. The van der Waals surface area contributed by atoms with Gasteiger partial charge in [-0.1, -0.05) is 0 Å². The van der Waals surface area contributed by atoms with Crippen molar-refractivity contribution in [2.45, 2.75) is 26.3 Å². The predicted octanol–water partition coefficient (Wildman–Crippen LogP) is 2.38. The SMILES string of the molecule is Cc1cc2c(cc1Nc1ncc3c(n1)n(CC1CCOCC1)c(=O)n3C)OCCO2. The predicted molar refractivity (Wildman–Crippen MR) is 112 cm³/mol. The van der Waals surface area contributed by atoms with E-state index in [-0.39, 0.29) is 5.69 Å². The van der Waals surface area contributed by atoms with Gasteiger partial charge >= 0.3 is 5.69 Å². The van der Waals surface area contributed by atoms with Crippen LogP contribution in [0.25, 0.3) is 11.2 Å². The van der Waals surface area contributed by atoms with Crippen molar-refractivity contribution in [3.63, 3.8) is 0 Å². The van der Waals surface area contributed by atoms with Crippen molar-refractivity contribution in [2.24, 2.45) is 13.0 Å². The van der Waals surface area contributed by atoms with Gasteiger partial charge in [0.15, 0.2) is 17.1 Å². The van der Waals surface area contributed by atoms with Gasteiger partial charge in [-0.25, -0.2) is 9.78 Å². The molecule has 0 aliphatic carbocycles. The number of nitrogens with zero attached hydrogens (tertiary/aromatic N) is 4. The molecule has 1 aromatic carbocycles. The molecule has 2 aliphatic heterocycles. The van der Waals surface area contributed by atoms with Gasteiger partial charge in [0.2, 0.25) is 5.95 Å². The van der Waals surface area contributed by atoms with Crippen LogP contribution in [0.2, 0.25) is 0 Å². The molecule has 9 heteroatoms. The average Bonchev–Trinajstić information content (AvgIpc) is 2.99. The van der Waals surface area contributed by atoms with Gasteiger partial charge in [-0.15, -0.1) is 0 Å². The van der Waals surface area contributed by atoms with Crippen LogP contribution >= 0.6 is 0 Å². The molecule has 1 fully saturated rings. The first-order valence-electron chi connectivity index (χ1n) is 10.3. The van der Waals surface area contributed by atoms with Gasteiger partial charge in [0, 0.05) is 38.6 Å². The van der Waals surface area contributed by atoms with Crippen LogP contribution in [0.4, 0.5) is 11.6 Å². The number of fused-ring (bicyclic) bond motifs is 2. The van der Waals surface area contributed by atoms with Crippen molar-refractivity contribution in [1.29, 1.82) is 0 Å². The number of nitrogens with one attached hydrogen (secondary N) is 1. The highest BCUT2D eigenvalue weighted by Gasteiger charge is 2.20. The maximum absolute atomic E-state index is 12.8. The van der Waals surface area contributed by atoms with E-state index >= 15 is 0 Å². The van der Waals surface area contributed by atoms with Gasteiger partial charge < -0.3 is 19.5 Å². The average molecular weight is 411 g/mol. The minimum Gasteiger partial charge on any atom is -0.486 e. The van der Waals surface area contributed by atoms with E-state index in [4.69, 9.17) is 14.2 Å². The van der Waals surface area contributed by atoms with Gasteiger partial charge in [0.05, 0.1) is 6.20 Å². The smallest absolute Gasteiger partial charge is 0.330 e. The third-order valence-electron chi connectivity index (χ3n) is 5.80. The third kappa shape index (κ3) is 3.39. The Balaban J connectivity index is 1.48. The molecule has 2 aromatic heterocycles. The second-order valence-electron chi connectivity index (χ2n) is 7.85. The largest absolute Gasteiger partial charge is 0.486 e. The number of rotatable bonds is 4. The summed E-state index contributed by atoms with van der Waals surface area (Å²) in [4.78, 5) is 21.9. The highest BCUT2D eigenvalue weighted by molar-refractivity contribution is 5.73. The molecule has 5 rings (SSSR count). The molecule has 1 N–H and O–H groups in total. The van der Waals surface area contributed by atoms with Gasteiger partial charge in [0.1, 0.15) is 18.7 Å². The molecule has 0 amide bonds. The van der Waals surface area contributed by atoms with Gasteiger partial charge in [-0.2, -0.15) is 4.98 Å². The van der Waals surface area contributed by atoms with Gasteiger partial charge in [-0.05, 0) is 37.3 Å². The van der Waals surface area contributed by atoms with Crippen LogP contribution in [0.15, 0.2) is 23.1 Å². The van der Waals surface area contributed by atoms with Crippen LogP contribution in [-0.2, 0) is 18.3 Å². The Morgan fingerprint density at radius 3 is 2.63 bits per heavy atom. The highest BCUT2D eigenvalue weighted by atomic mass is 16.6. The Bertz CT molecular complexity index is 1150. The summed E-state index contributed by atoms with van der Waals surface area (Å²) in [5.41, 5.74) is 3.13. The normalized spacial score (nSPS) is 16.7. The summed E-state index contributed by atoms with van der Waals surface area (Å²) in [6.45, 7) is 5.20. The van der Waals surface area contributed by atoms with Crippen LogP contribution in [0.5, 0.6) is 11.5 Å². The monoisotopic (exact) mass is 411 g/mol. The van der Waals surface area contributed by atoms with Crippen molar-refractivity contribution in [2.75, 3.05) is 31.7 Å². The fourth-order valence-corrected chi connectivity index (χ4v) is 4.03. The van der Waals surface area contributed by atoms with E-state index in [0.29, 0.717) is 43.0 Å². The minimum absolute atomic E-state index is 0.0709. The molecule has 158 valence electrons. The molecule has 0 saturated carbocycles. The molecule has 3 aromatic rings. The Labute approximate surface area is 173 Å². The number of imidazole rings is 1. The number of aromatic nitrogens is 4. The lowest BCUT2D eigenvalue weighted by Crippen LogP contribution is -2.28. The zero-order valence-corrected chi connectivity index (χ0v) is 17.2. The maximum atomic E-state index is 12.8. The Hall–Kier alpha value is -3.07. The summed E-state index contributed by atoms with van der Waals surface area (Å²) in [5, 5.41) is 3.27. The van der Waals surface area contributed by atoms with Gasteiger partial charge in [0.25, 0.3) is 0 Å². The fourth-order valence-electron chi connectivity index (χ4n) is 4.03. The Morgan fingerprint density at radius 1 is 1.13 bits per heavy atom. The van der Waals surface area contributed by atoms with E-state index in [1.54, 1.807) is 22.4 Å². The van der Waals surface area contributed by atoms with E-state index in [0.717, 1.165) is 48.6 Å². The maximum Gasteiger partial charge on any atom is 0.330 e. The van der Waals surface area contributed by atoms with Crippen molar-refractivity contribution < 1.29 is 14.2 Å². The summed E-state index contributed by atoms with van der Waals surface area (Å²) in [5.74, 6) is 2.29. The van der Waals surface area contributed by atoms with Crippen LogP contribution in [0, 0.1) is 12.8 Å². The molecule has 0 bridgehead atoms. The lowest BCUT2D eigenvalue weighted by molar-refractivity contribution is 0.0612. The second-order valence-corrected chi connectivity index (χ2v) is 7.85. The Morgan fingerprint density at radius 2 is 1.87 bits per heavy atom. The van der Waals surface area contributed by atoms with Crippen LogP contribution < -0.4 is 20.5 Å². The fraction of sp³-hybridized carbons (Fsp3) is 0.476. The topological polar surface area (TPSA) is 92.4 Å². The van der Waals surface area contributed by atoms with Crippen molar-refractivity contribution in [3.8, 4) is 11.5 Å². The Kier molecular flexibility index (Phi) is 4.82. The summed E-state index contributed by atoms with van der Waals surface area (Å²) < 4.78 is 20.1. The van der Waals surface area contributed by atoms with Gasteiger partial charge in [-0.3, -0.25) is 9.13 Å². The number of aryl methyl sites for hydroxylation is 2.